The fourth-order valence-corrected chi connectivity index (χ4v) is 1.97. The zero-order valence-corrected chi connectivity index (χ0v) is 9.35. The Morgan fingerprint density at radius 3 is 2.24 bits per heavy atom. The molecule has 0 saturated carbocycles. The van der Waals surface area contributed by atoms with Crippen LogP contribution in [-0.2, 0) is 12.6 Å². The van der Waals surface area contributed by atoms with E-state index in [1.165, 1.54) is 23.5 Å². The average Bonchev–Trinajstić information content (AvgIpc) is 2.63. The molecule has 0 aliphatic carbocycles. The highest BCUT2D eigenvalue weighted by Gasteiger charge is 2.29. The first-order valence-electron chi connectivity index (χ1n) is 4.69. The molecule has 0 spiro atoms. The Kier molecular flexibility index (Phi) is 3.01. The summed E-state index contributed by atoms with van der Waals surface area (Å²) in [6.45, 7) is 0. The quantitative estimate of drug-likeness (QED) is 0.902. The molecule has 90 valence electrons. The van der Waals surface area contributed by atoms with Crippen LogP contribution in [0.2, 0.25) is 0 Å². The normalized spacial score (nSPS) is 11.7. The van der Waals surface area contributed by atoms with Gasteiger partial charge in [-0.15, -0.1) is 10.2 Å². The second kappa shape index (κ2) is 4.33. The number of alkyl halides is 3. The van der Waals surface area contributed by atoms with Gasteiger partial charge in [-0.05, 0) is 17.7 Å². The summed E-state index contributed by atoms with van der Waals surface area (Å²) in [4.78, 5) is 0. The molecular formula is C10H8F3N3S. The number of nitrogens with two attached hydrogens (primary N) is 1. The van der Waals surface area contributed by atoms with Gasteiger partial charge in [-0.3, -0.25) is 0 Å². The molecule has 0 radical (unpaired) electrons. The van der Waals surface area contributed by atoms with Crippen LogP contribution < -0.4 is 5.73 Å². The lowest BCUT2D eigenvalue weighted by molar-refractivity contribution is -0.137. The van der Waals surface area contributed by atoms with Gasteiger partial charge in [0.25, 0.3) is 0 Å². The summed E-state index contributed by atoms with van der Waals surface area (Å²) in [6.07, 6.45) is -3.86. The number of nitrogens with zero attached hydrogens (tertiary/aromatic N) is 2. The van der Waals surface area contributed by atoms with Gasteiger partial charge in [0.1, 0.15) is 5.01 Å². The van der Waals surface area contributed by atoms with Crippen molar-refractivity contribution in [2.75, 3.05) is 5.73 Å². The highest BCUT2D eigenvalue weighted by atomic mass is 32.1. The highest BCUT2D eigenvalue weighted by molar-refractivity contribution is 7.15. The maximum atomic E-state index is 12.3. The maximum absolute atomic E-state index is 12.3. The van der Waals surface area contributed by atoms with Crippen molar-refractivity contribution in [3.05, 3.63) is 40.4 Å². The molecule has 0 aliphatic rings. The van der Waals surface area contributed by atoms with Crippen molar-refractivity contribution in [2.45, 2.75) is 12.6 Å². The van der Waals surface area contributed by atoms with E-state index in [4.69, 9.17) is 5.73 Å². The second-order valence-corrected chi connectivity index (χ2v) is 4.50. The first-order valence-corrected chi connectivity index (χ1v) is 5.51. The number of hydrogen-bond donors (Lipinski definition) is 1. The number of hydrogen-bond acceptors (Lipinski definition) is 4. The third-order valence-electron chi connectivity index (χ3n) is 2.12. The first-order chi connectivity index (χ1) is 7.95. The smallest absolute Gasteiger partial charge is 0.374 e. The van der Waals surface area contributed by atoms with Crippen molar-refractivity contribution in [3.63, 3.8) is 0 Å². The Labute approximate surface area is 99.1 Å². The van der Waals surface area contributed by atoms with Crippen molar-refractivity contribution < 1.29 is 13.2 Å². The molecule has 2 N–H and O–H groups in total. The van der Waals surface area contributed by atoms with Crippen LogP contribution in [0.25, 0.3) is 0 Å². The van der Waals surface area contributed by atoms with Crippen LogP contribution in [-0.4, -0.2) is 10.2 Å². The molecule has 0 aliphatic heterocycles. The standard InChI is InChI=1S/C10H8F3N3S/c11-10(12,13)7-3-1-6(2-4-7)5-8-15-16-9(14)17-8/h1-4H,5H2,(H2,14,16). The molecule has 0 atom stereocenters. The summed E-state index contributed by atoms with van der Waals surface area (Å²) in [7, 11) is 0. The molecule has 1 aromatic heterocycles. The number of benzene rings is 1. The van der Waals surface area contributed by atoms with E-state index >= 15 is 0 Å². The SMILES string of the molecule is Nc1nnc(Cc2ccc(C(F)(F)F)cc2)s1. The fraction of sp³-hybridized carbons (Fsp3) is 0.200. The summed E-state index contributed by atoms with van der Waals surface area (Å²) < 4.78 is 36.9. The van der Waals surface area contributed by atoms with Gasteiger partial charge in [-0.1, -0.05) is 23.5 Å². The Balaban J connectivity index is 2.13. The largest absolute Gasteiger partial charge is 0.416 e. The zero-order chi connectivity index (χ0) is 12.5. The summed E-state index contributed by atoms with van der Waals surface area (Å²) in [5.74, 6) is 0. The van der Waals surface area contributed by atoms with Crippen LogP contribution in [0.4, 0.5) is 18.3 Å². The van der Waals surface area contributed by atoms with E-state index in [1.807, 2.05) is 0 Å². The zero-order valence-electron chi connectivity index (χ0n) is 8.53. The maximum Gasteiger partial charge on any atom is 0.416 e. The lowest BCUT2D eigenvalue weighted by Gasteiger charge is -2.06. The van der Waals surface area contributed by atoms with Crippen LogP contribution in [0, 0.1) is 0 Å². The monoisotopic (exact) mass is 259 g/mol. The van der Waals surface area contributed by atoms with Crippen LogP contribution in [0.15, 0.2) is 24.3 Å². The van der Waals surface area contributed by atoms with Crippen LogP contribution in [0.1, 0.15) is 16.1 Å². The van der Waals surface area contributed by atoms with E-state index in [9.17, 15) is 13.2 Å². The van der Waals surface area contributed by atoms with E-state index in [0.29, 0.717) is 16.6 Å². The molecule has 17 heavy (non-hydrogen) atoms. The predicted octanol–water partition coefficient (Wildman–Crippen LogP) is 2.73. The molecule has 0 fully saturated rings. The van der Waals surface area contributed by atoms with Crippen LogP contribution >= 0.6 is 11.3 Å². The van der Waals surface area contributed by atoms with E-state index in [-0.39, 0.29) is 0 Å². The van der Waals surface area contributed by atoms with Gasteiger partial charge in [-0.2, -0.15) is 13.2 Å². The third kappa shape index (κ3) is 2.94. The van der Waals surface area contributed by atoms with Gasteiger partial charge in [0.2, 0.25) is 5.13 Å². The van der Waals surface area contributed by atoms with Crippen molar-refractivity contribution in [2.24, 2.45) is 0 Å². The van der Waals surface area contributed by atoms with Crippen molar-refractivity contribution in [1.82, 2.24) is 10.2 Å². The molecule has 0 saturated heterocycles. The Morgan fingerprint density at radius 2 is 1.76 bits per heavy atom. The first kappa shape index (κ1) is 11.8. The summed E-state index contributed by atoms with van der Waals surface area (Å²) in [5.41, 5.74) is 5.50. The minimum atomic E-state index is -4.30. The van der Waals surface area contributed by atoms with Gasteiger partial charge in [0.05, 0.1) is 5.56 Å². The minimum Gasteiger partial charge on any atom is -0.374 e. The van der Waals surface area contributed by atoms with Crippen molar-refractivity contribution >= 4 is 16.5 Å². The van der Waals surface area contributed by atoms with E-state index in [0.717, 1.165) is 17.7 Å². The number of nitrogen functional groups attached to an aromatic ring is 1. The summed E-state index contributed by atoms with van der Waals surface area (Å²) >= 11 is 1.23. The number of halogens is 3. The van der Waals surface area contributed by atoms with Gasteiger partial charge in [0.15, 0.2) is 0 Å². The molecule has 1 aromatic carbocycles. The lowest BCUT2D eigenvalue weighted by Crippen LogP contribution is -2.04. The van der Waals surface area contributed by atoms with E-state index in [1.54, 1.807) is 0 Å². The molecule has 7 heteroatoms. The molecule has 0 bridgehead atoms. The number of rotatable bonds is 2. The fourth-order valence-electron chi connectivity index (χ4n) is 1.32. The van der Waals surface area contributed by atoms with Gasteiger partial charge < -0.3 is 5.73 Å². The van der Waals surface area contributed by atoms with Gasteiger partial charge in [0, 0.05) is 6.42 Å². The van der Waals surface area contributed by atoms with Crippen molar-refractivity contribution in [3.8, 4) is 0 Å². The highest BCUT2D eigenvalue weighted by Crippen LogP contribution is 2.29. The average molecular weight is 259 g/mol. The molecule has 1 heterocycles. The summed E-state index contributed by atoms with van der Waals surface area (Å²) in [5, 5.41) is 8.48. The molecule has 3 nitrogen and oxygen atoms in total. The number of anilines is 1. The van der Waals surface area contributed by atoms with Gasteiger partial charge in [-0.25, -0.2) is 0 Å². The molecule has 0 unspecified atom stereocenters. The Bertz CT molecular complexity index is 504. The molecule has 2 aromatic rings. The van der Waals surface area contributed by atoms with E-state index in [2.05, 4.69) is 10.2 Å². The molecular weight excluding hydrogens is 251 g/mol. The Hall–Kier alpha value is -1.63. The van der Waals surface area contributed by atoms with Crippen molar-refractivity contribution in [1.29, 1.82) is 0 Å². The van der Waals surface area contributed by atoms with E-state index < -0.39 is 11.7 Å². The molecule has 2 rings (SSSR count). The third-order valence-corrected chi connectivity index (χ3v) is 2.87. The van der Waals surface area contributed by atoms with Crippen LogP contribution in [0.5, 0.6) is 0 Å². The second-order valence-electron chi connectivity index (χ2n) is 3.41. The van der Waals surface area contributed by atoms with Crippen LogP contribution in [0.3, 0.4) is 0 Å². The predicted molar refractivity (Wildman–Crippen MR) is 58.6 cm³/mol. The topological polar surface area (TPSA) is 51.8 Å². The number of aromatic nitrogens is 2. The molecule has 0 amide bonds. The lowest BCUT2D eigenvalue weighted by atomic mass is 10.1. The Morgan fingerprint density at radius 1 is 1.12 bits per heavy atom. The minimum absolute atomic E-state index is 0.354. The van der Waals surface area contributed by atoms with Gasteiger partial charge >= 0.3 is 6.18 Å². The summed E-state index contributed by atoms with van der Waals surface area (Å²) in [6, 6.07) is 4.97.